The molecule has 14 aliphatic heterocycles. The van der Waals surface area contributed by atoms with E-state index in [4.69, 9.17) is 71.1 Å². The molecule has 2 amide bonds. The van der Waals surface area contributed by atoms with Gasteiger partial charge >= 0.3 is 42.0 Å². The van der Waals surface area contributed by atoms with Crippen molar-refractivity contribution in [1.29, 1.82) is 10.5 Å². The first-order valence-corrected chi connectivity index (χ1v) is 43.4. The zero-order valence-electron chi connectivity index (χ0n) is 72.2. The lowest BCUT2D eigenvalue weighted by Crippen LogP contribution is -2.71. The van der Waals surface area contributed by atoms with Crippen LogP contribution in [-0.4, -0.2) is 204 Å². The van der Waals surface area contributed by atoms with Crippen LogP contribution in [-0.2, 0) is 79.7 Å². The quantitative estimate of drug-likeness (QED) is 0.0563. The molecule has 0 saturated carbocycles. The minimum atomic E-state index is -1.51. The molecule has 4 fully saturated rings. The third-order valence-electron chi connectivity index (χ3n) is 25.7. The maximum Gasteiger partial charge on any atom is 0.411 e. The Morgan fingerprint density at radius 1 is 0.496 bits per heavy atom. The molecular formula is C90H98N8O25S2. The van der Waals surface area contributed by atoms with Crippen LogP contribution < -0.4 is 62.7 Å². The van der Waals surface area contributed by atoms with Crippen molar-refractivity contribution in [2.75, 3.05) is 79.8 Å². The van der Waals surface area contributed by atoms with Crippen molar-refractivity contribution in [1.82, 2.24) is 30.2 Å². The number of carbonyl (C=O) groups excluding carboxylic acids is 7. The zero-order chi connectivity index (χ0) is 89.2. The SMILES string of the molecule is COc1cc2c(cc1O)CCN[C@]21CS[C@@H]2c3c(OC(C)=O)c(C)c4c(c3[C@H](COC1=O)N1C2[C@H]2c3c(cc(C)c(OC)c3O)C[C@@H]([C@@H]1C#N)N2C(=O)OC(C)(C)C)OCO4.COc1cc2c(cc1OC(C)=O)CCN[C@]21CS[C@@H]2c3c(OC(C)=O)c(C)c4c(c3[C@H](COC1=O)N1C2[C@H]2c3c(cc(C)c(OC)c3O)C[C@@H]([C@@H]1C#N)N2C(=O)OC(C)(C)C)OCO4. The third kappa shape index (κ3) is 13.5. The number of hydrogen-bond donors (Lipinski definition) is 5. The summed E-state index contributed by atoms with van der Waals surface area (Å²) in [6, 6.07) is 6.32. The number of hydrogen-bond acceptors (Lipinski definition) is 33. The van der Waals surface area contributed by atoms with Gasteiger partial charge in [0.15, 0.2) is 80.1 Å². The van der Waals surface area contributed by atoms with Gasteiger partial charge in [-0.2, -0.15) is 10.5 Å². The number of methoxy groups -OCH3 is 4. The fraction of sp³-hybridized carbons (Fsp3) is 0.500. The molecule has 0 aromatic heterocycles. The molecule has 0 aliphatic carbocycles. The van der Waals surface area contributed by atoms with Crippen LogP contribution in [0, 0.1) is 50.4 Å². The van der Waals surface area contributed by atoms with Gasteiger partial charge in [0.2, 0.25) is 13.6 Å². The van der Waals surface area contributed by atoms with Crippen molar-refractivity contribution < 1.29 is 120 Å². The Labute approximate surface area is 729 Å². The monoisotopic (exact) mass is 1750 g/mol. The predicted molar refractivity (Wildman–Crippen MR) is 446 cm³/mol. The number of phenols is 3. The van der Waals surface area contributed by atoms with Gasteiger partial charge in [-0.1, -0.05) is 12.1 Å². The summed E-state index contributed by atoms with van der Waals surface area (Å²) < 4.78 is 90.5. The van der Waals surface area contributed by atoms with Crippen molar-refractivity contribution in [2.24, 2.45) is 0 Å². The highest BCUT2D eigenvalue weighted by Crippen LogP contribution is 2.69. The molecule has 35 heteroatoms. The van der Waals surface area contributed by atoms with Crippen LogP contribution in [0.2, 0.25) is 0 Å². The number of aromatic hydroxyl groups is 3. The Balaban J connectivity index is 0.000000177. The summed E-state index contributed by atoms with van der Waals surface area (Å²) in [5, 5.41) is 63.6. The largest absolute Gasteiger partial charge is 0.504 e. The summed E-state index contributed by atoms with van der Waals surface area (Å²) in [7, 11) is 5.81. The average Bonchev–Trinajstić information content (AvgIpc) is 1.30. The van der Waals surface area contributed by atoms with E-state index in [-0.39, 0.29) is 109 Å². The number of thioether (sulfide) groups is 2. The molecule has 8 bridgehead atoms. The maximum atomic E-state index is 15.1. The highest BCUT2D eigenvalue weighted by molar-refractivity contribution is 7.99. The summed E-state index contributed by atoms with van der Waals surface area (Å²) in [4.78, 5) is 105. The molecule has 14 heterocycles. The minimum absolute atomic E-state index is 0.00310. The molecular weight excluding hydrogens is 1660 g/mol. The van der Waals surface area contributed by atoms with E-state index in [2.05, 4.69) is 22.8 Å². The van der Waals surface area contributed by atoms with Crippen LogP contribution >= 0.6 is 23.5 Å². The van der Waals surface area contributed by atoms with Crippen LogP contribution in [0.5, 0.6) is 80.5 Å². The normalized spacial score (nSPS) is 26.7. The first kappa shape index (κ1) is 85.7. The van der Waals surface area contributed by atoms with E-state index in [0.29, 0.717) is 116 Å². The van der Waals surface area contributed by atoms with E-state index in [0.717, 1.165) is 22.3 Å². The number of aryl methyl sites for hydroxylation is 2. The molecule has 6 aromatic carbocycles. The van der Waals surface area contributed by atoms with Crippen LogP contribution in [0.1, 0.15) is 186 Å². The van der Waals surface area contributed by atoms with Crippen LogP contribution in [0.4, 0.5) is 9.59 Å². The van der Waals surface area contributed by atoms with E-state index in [1.807, 2.05) is 35.8 Å². The molecule has 125 heavy (non-hydrogen) atoms. The summed E-state index contributed by atoms with van der Waals surface area (Å²) >= 11 is 2.69. The molecule has 6 aromatic rings. The van der Waals surface area contributed by atoms with Crippen LogP contribution in [0.3, 0.4) is 0 Å². The van der Waals surface area contributed by atoms with Gasteiger partial charge < -0.3 is 86.4 Å². The number of nitriles is 2. The van der Waals surface area contributed by atoms with Crippen molar-refractivity contribution in [3.63, 3.8) is 0 Å². The third-order valence-corrected chi connectivity index (χ3v) is 28.7. The Hall–Kier alpha value is -11.5. The Bertz CT molecular complexity index is 5700. The second-order valence-electron chi connectivity index (χ2n) is 35.2. The fourth-order valence-electron chi connectivity index (χ4n) is 21.2. The second kappa shape index (κ2) is 31.6. The molecule has 14 atom stereocenters. The summed E-state index contributed by atoms with van der Waals surface area (Å²) in [5.41, 5.74) is 4.52. The van der Waals surface area contributed by atoms with E-state index < -0.39 is 135 Å². The highest BCUT2D eigenvalue weighted by atomic mass is 32.2. The van der Waals surface area contributed by atoms with Gasteiger partial charge in [0.05, 0.1) is 99.4 Å². The molecule has 5 N–H and O–H groups in total. The van der Waals surface area contributed by atoms with Crippen molar-refractivity contribution in [3.8, 4) is 92.6 Å². The van der Waals surface area contributed by atoms with Gasteiger partial charge in [0, 0.05) is 89.9 Å². The molecule has 2 spiro atoms. The fourth-order valence-corrected chi connectivity index (χ4v) is 24.6. The predicted octanol–water partition coefficient (Wildman–Crippen LogP) is 10.8. The van der Waals surface area contributed by atoms with Gasteiger partial charge in [-0.15, -0.1) is 23.5 Å². The molecule has 0 radical (unpaired) electrons. The highest BCUT2D eigenvalue weighted by Gasteiger charge is 2.67. The molecule has 660 valence electrons. The zero-order valence-corrected chi connectivity index (χ0v) is 73.8. The number of rotatable bonds is 7. The number of carbonyl (C=O) groups is 7. The van der Waals surface area contributed by atoms with Crippen LogP contribution in [0.15, 0.2) is 36.4 Å². The van der Waals surface area contributed by atoms with E-state index >= 15 is 4.79 Å². The number of piperazine rings is 2. The van der Waals surface area contributed by atoms with Gasteiger partial charge in [-0.25, -0.2) is 19.2 Å². The molecule has 14 aliphatic rings. The van der Waals surface area contributed by atoms with Gasteiger partial charge in [0.1, 0.15) is 48.0 Å². The summed E-state index contributed by atoms with van der Waals surface area (Å²) in [5.74, 6) is -0.302. The number of ether oxygens (including phenoxy) is 15. The minimum Gasteiger partial charge on any atom is -0.504 e. The Kier molecular flexibility index (Phi) is 21.6. The van der Waals surface area contributed by atoms with Crippen LogP contribution in [0.25, 0.3) is 0 Å². The number of nitrogens with one attached hydrogen (secondary N) is 2. The number of amides is 2. The first-order chi connectivity index (χ1) is 59.5. The van der Waals surface area contributed by atoms with Gasteiger partial charge in [-0.05, 0) is 164 Å². The number of benzene rings is 6. The lowest BCUT2D eigenvalue weighted by molar-refractivity contribution is -0.158. The number of fused-ring (bicyclic) bond motifs is 18. The van der Waals surface area contributed by atoms with Crippen molar-refractivity contribution in [3.05, 3.63) is 125 Å². The first-order valence-electron chi connectivity index (χ1n) is 41.3. The van der Waals surface area contributed by atoms with Crippen molar-refractivity contribution >= 4 is 65.6 Å². The number of nitrogens with zero attached hydrogens (tertiary/aromatic N) is 6. The lowest BCUT2D eigenvalue weighted by Gasteiger charge is -2.62. The maximum absolute atomic E-state index is 15.1. The Morgan fingerprint density at radius 3 is 1.28 bits per heavy atom. The lowest BCUT2D eigenvalue weighted by atomic mass is 9.71. The second-order valence-corrected chi connectivity index (χ2v) is 37.5. The van der Waals surface area contributed by atoms with Gasteiger partial charge in [-0.3, -0.25) is 44.6 Å². The molecule has 4 saturated heterocycles. The number of esters is 5. The topological polar surface area (TPSA) is 403 Å². The smallest absolute Gasteiger partial charge is 0.411 e. The van der Waals surface area contributed by atoms with E-state index in [1.165, 1.54) is 72.7 Å². The molecule has 33 nitrogen and oxygen atoms in total. The molecule has 2 unspecified atom stereocenters. The van der Waals surface area contributed by atoms with E-state index in [1.54, 1.807) is 89.5 Å². The summed E-state index contributed by atoms with van der Waals surface area (Å²) in [6.07, 6.45) is -0.0169. The number of phenolic OH excluding ortho intramolecular Hbond substituents is 3. The van der Waals surface area contributed by atoms with Crippen molar-refractivity contribution in [2.45, 2.75) is 209 Å². The average molecular weight is 1760 g/mol. The standard InChI is InChI=1S/C46H50N4O13S.C44H48N4O12S/c1-20-12-25-13-27-28(16-47)49-29-17-58-43(54)46(26-15-30(56-8)31(61-22(3)51)14-24(26)10-11-48-46)18-64-42(34-33(29)41-40(59-19-60-41)21(2)39(34)62-23(4)52)36(49)35(32(25)37(53)38(20)57-9)50(27)44(55)63-45(5,6)7;1-19-11-23-12-25-26(15-45)47-27-16-56-41(52)44(24-14-29(54-7)28(50)13-22(24)9-10-46-44)17-61-40(32-31(27)39-38(57-18-58-39)20(2)37(32)59-21(3)49)34(47)33(30(23)35(51)36(19)55-8)48(25)42(53)60-43(4,5)6/h12,14-15,27-29,35-36,42,48,53H,10-11,13,17-19H2,1-9H3;11,13-14,25-27,33-34,40,46,50-51H,9-10,12,16-18H2,1-8H3/t27-,28-,29-,35+,36?,42+,46+;25-,26-,27-,33+,34?,40+,44+/m00/s1. The Morgan fingerprint density at radius 2 is 0.896 bits per heavy atom. The van der Waals surface area contributed by atoms with E-state index in [9.17, 15) is 54.6 Å². The van der Waals surface area contributed by atoms with Gasteiger partial charge in [0.25, 0.3) is 0 Å². The molecule has 20 rings (SSSR count). The summed E-state index contributed by atoms with van der Waals surface area (Å²) in [6.45, 7) is 21.5.